The zero-order valence-corrected chi connectivity index (χ0v) is 12.6. The van der Waals surface area contributed by atoms with Crippen molar-refractivity contribution in [1.29, 1.82) is 0 Å². The average molecular weight is 303 g/mol. The van der Waals surface area contributed by atoms with Gasteiger partial charge in [-0.1, -0.05) is 0 Å². The fourth-order valence-corrected chi connectivity index (χ4v) is 2.20. The molecule has 21 heavy (non-hydrogen) atoms. The number of hydrogen-bond acceptors (Lipinski definition) is 5. The maximum Gasteiger partial charge on any atom is 0.303 e. The number of epoxide rings is 1. The Morgan fingerprint density at radius 2 is 1.57 bits per heavy atom. The molecule has 1 fully saturated rings. The van der Waals surface area contributed by atoms with Gasteiger partial charge in [-0.05, 0) is 26.2 Å². The molecule has 0 radical (unpaired) electrons. The molecule has 0 bridgehead atoms. The molecule has 118 valence electrons. The first kappa shape index (κ1) is 15.8. The van der Waals surface area contributed by atoms with Gasteiger partial charge in [0.25, 0.3) is 0 Å². The van der Waals surface area contributed by atoms with Gasteiger partial charge in [0.1, 0.15) is 6.23 Å². The van der Waals surface area contributed by atoms with Crippen LogP contribution in [0.3, 0.4) is 0 Å². The lowest BCUT2D eigenvalue weighted by Crippen LogP contribution is -2.28. The molecular formula is C14H19F2NO4. The van der Waals surface area contributed by atoms with Crippen molar-refractivity contribution < 1.29 is 27.7 Å². The molecule has 5 nitrogen and oxygen atoms in total. The highest BCUT2D eigenvalue weighted by atomic mass is 19.3. The first-order valence-corrected chi connectivity index (χ1v) is 6.37. The molecule has 1 aromatic rings. The SMILES string of the molecule is COc1cc(C(F)(F)C2OC2N(C)C)cc(OC)c1OC. The Morgan fingerprint density at radius 3 is 1.90 bits per heavy atom. The van der Waals surface area contributed by atoms with Crippen molar-refractivity contribution in [2.24, 2.45) is 0 Å². The number of halogens is 2. The highest BCUT2D eigenvalue weighted by molar-refractivity contribution is 5.55. The Hall–Kier alpha value is -1.60. The molecule has 7 heteroatoms. The van der Waals surface area contributed by atoms with E-state index in [9.17, 15) is 8.78 Å². The Morgan fingerprint density at radius 1 is 1.05 bits per heavy atom. The van der Waals surface area contributed by atoms with Crippen LogP contribution in [0.25, 0.3) is 0 Å². The van der Waals surface area contributed by atoms with E-state index in [4.69, 9.17) is 18.9 Å². The Labute approximate surface area is 122 Å². The van der Waals surface area contributed by atoms with Crippen molar-refractivity contribution in [3.63, 3.8) is 0 Å². The summed E-state index contributed by atoms with van der Waals surface area (Å²) >= 11 is 0. The van der Waals surface area contributed by atoms with Gasteiger partial charge in [0.05, 0.1) is 21.3 Å². The van der Waals surface area contributed by atoms with E-state index < -0.39 is 18.3 Å². The Bertz CT molecular complexity index is 497. The number of hydrogen-bond donors (Lipinski definition) is 0. The molecule has 0 aromatic heterocycles. The molecule has 2 rings (SSSR count). The molecule has 1 aliphatic rings. The Balaban J connectivity index is 2.40. The van der Waals surface area contributed by atoms with Crippen LogP contribution >= 0.6 is 0 Å². The molecule has 1 heterocycles. The Kier molecular flexibility index (Phi) is 4.25. The van der Waals surface area contributed by atoms with Gasteiger partial charge in [0.15, 0.2) is 17.6 Å². The summed E-state index contributed by atoms with van der Waals surface area (Å²) in [6.07, 6.45) is -1.78. The minimum absolute atomic E-state index is 0.188. The third-order valence-electron chi connectivity index (χ3n) is 3.38. The van der Waals surface area contributed by atoms with Crippen LogP contribution in [0.1, 0.15) is 5.56 Å². The number of ether oxygens (including phenoxy) is 4. The first-order chi connectivity index (χ1) is 9.86. The molecule has 0 aliphatic carbocycles. The van der Waals surface area contributed by atoms with Crippen LogP contribution in [0.5, 0.6) is 17.2 Å². The summed E-state index contributed by atoms with van der Waals surface area (Å²) in [5.74, 6) is -2.50. The van der Waals surface area contributed by atoms with Gasteiger partial charge in [0, 0.05) is 5.56 Å². The van der Waals surface area contributed by atoms with Gasteiger partial charge in [-0.2, -0.15) is 8.78 Å². The lowest BCUT2D eigenvalue weighted by atomic mass is 10.0. The van der Waals surface area contributed by atoms with E-state index in [2.05, 4.69) is 0 Å². The topological polar surface area (TPSA) is 43.5 Å². The van der Waals surface area contributed by atoms with E-state index >= 15 is 0 Å². The molecule has 2 atom stereocenters. The molecule has 0 N–H and O–H groups in total. The fraction of sp³-hybridized carbons (Fsp3) is 0.571. The molecule has 1 aliphatic heterocycles. The van der Waals surface area contributed by atoms with Crippen LogP contribution in [0.4, 0.5) is 8.78 Å². The van der Waals surface area contributed by atoms with E-state index in [1.807, 2.05) is 0 Å². The molecular weight excluding hydrogens is 284 g/mol. The van der Waals surface area contributed by atoms with Gasteiger partial charge >= 0.3 is 5.92 Å². The van der Waals surface area contributed by atoms with E-state index in [1.54, 1.807) is 19.0 Å². The number of alkyl halides is 2. The summed E-state index contributed by atoms with van der Waals surface area (Å²) in [7, 11) is 7.57. The fourth-order valence-electron chi connectivity index (χ4n) is 2.20. The molecule has 0 saturated carbocycles. The van der Waals surface area contributed by atoms with Gasteiger partial charge in [-0.15, -0.1) is 0 Å². The zero-order chi connectivity index (χ0) is 15.8. The van der Waals surface area contributed by atoms with Crippen molar-refractivity contribution in [3.8, 4) is 17.2 Å². The predicted octanol–water partition coefficient (Wildman–Crippen LogP) is 2.09. The smallest absolute Gasteiger partial charge is 0.303 e. The summed E-state index contributed by atoms with van der Waals surface area (Å²) in [6, 6.07) is 2.49. The standard InChI is InChI=1S/C14H19F2NO4/c1-17(2)13-12(21-13)14(15,16)8-6-9(18-3)11(20-5)10(7-8)19-4/h6-7,12-13H,1-5H3. The van der Waals surface area contributed by atoms with Gasteiger partial charge in [0.2, 0.25) is 5.75 Å². The number of benzene rings is 1. The number of nitrogens with zero attached hydrogens (tertiary/aromatic N) is 1. The highest BCUT2D eigenvalue weighted by Crippen LogP contribution is 2.48. The van der Waals surface area contributed by atoms with E-state index in [1.165, 1.54) is 33.5 Å². The first-order valence-electron chi connectivity index (χ1n) is 6.37. The third-order valence-corrected chi connectivity index (χ3v) is 3.38. The van der Waals surface area contributed by atoms with Crippen LogP contribution in [0.15, 0.2) is 12.1 Å². The van der Waals surface area contributed by atoms with Crippen molar-refractivity contribution in [2.75, 3.05) is 35.4 Å². The second-order valence-electron chi connectivity index (χ2n) is 4.95. The lowest BCUT2D eigenvalue weighted by molar-refractivity contribution is -0.0330. The second-order valence-corrected chi connectivity index (χ2v) is 4.95. The highest BCUT2D eigenvalue weighted by Gasteiger charge is 2.59. The quantitative estimate of drug-likeness (QED) is 0.753. The molecule has 1 saturated heterocycles. The van der Waals surface area contributed by atoms with Gasteiger partial charge in [-0.25, -0.2) is 0 Å². The summed E-state index contributed by atoms with van der Waals surface area (Å²) < 4.78 is 49.4. The van der Waals surface area contributed by atoms with E-state index in [-0.39, 0.29) is 22.8 Å². The van der Waals surface area contributed by atoms with Crippen molar-refractivity contribution in [3.05, 3.63) is 17.7 Å². The van der Waals surface area contributed by atoms with Crippen molar-refractivity contribution in [1.82, 2.24) is 4.90 Å². The van der Waals surface area contributed by atoms with Crippen LogP contribution in [0.2, 0.25) is 0 Å². The molecule has 0 amide bonds. The van der Waals surface area contributed by atoms with Crippen molar-refractivity contribution >= 4 is 0 Å². The minimum atomic E-state index is -3.15. The van der Waals surface area contributed by atoms with Crippen molar-refractivity contribution in [2.45, 2.75) is 18.3 Å². The van der Waals surface area contributed by atoms with Gasteiger partial charge in [-0.3, -0.25) is 4.90 Å². The van der Waals surface area contributed by atoms with E-state index in [0.29, 0.717) is 0 Å². The lowest BCUT2D eigenvalue weighted by Gasteiger charge is -2.19. The number of methoxy groups -OCH3 is 3. The second kappa shape index (κ2) is 5.65. The van der Waals surface area contributed by atoms with Gasteiger partial charge < -0.3 is 18.9 Å². The molecule has 1 aromatic carbocycles. The maximum atomic E-state index is 14.5. The number of likely N-dealkylation sites (N-methyl/N-ethyl adjacent to an activating group) is 1. The monoisotopic (exact) mass is 303 g/mol. The molecule has 0 spiro atoms. The third kappa shape index (κ3) is 2.75. The minimum Gasteiger partial charge on any atom is -0.493 e. The van der Waals surface area contributed by atoms with E-state index in [0.717, 1.165) is 0 Å². The van der Waals surface area contributed by atoms with Crippen LogP contribution < -0.4 is 14.2 Å². The van der Waals surface area contributed by atoms with Crippen LogP contribution in [-0.4, -0.2) is 52.7 Å². The number of rotatable bonds is 6. The summed E-state index contributed by atoms with van der Waals surface area (Å²) in [5, 5.41) is 0. The summed E-state index contributed by atoms with van der Waals surface area (Å²) in [5.41, 5.74) is -0.230. The summed E-state index contributed by atoms with van der Waals surface area (Å²) in [4.78, 5) is 1.61. The predicted molar refractivity (Wildman–Crippen MR) is 72.3 cm³/mol. The van der Waals surface area contributed by atoms with Crippen LogP contribution in [-0.2, 0) is 10.7 Å². The largest absolute Gasteiger partial charge is 0.493 e. The zero-order valence-electron chi connectivity index (χ0n) is 12.6. The van der Waals surface area contributed by atoms with Crippen LogP contribution in [0, 0.1) is 0 Å². The molecule has 2 unspecified atom stereocenters. The normalized spacial score (nSPS) is 21.3. The average Bonchev–Trinajstić information content (AvgIpc) is 3.26. The summed E-state index contributed by atoms with van der Waals surface area (Å²) in [6.45, 7) is 0. The maximum absolute atomic E-state index is 14.5.